The van der Waals surface area contributed by atoms with Crippen molar-refractivity contribution in [3.8, 4) is 0 Å². The van der Waals surface area contributed by atoms with E-state index in [1.54, 1.807) is 0 Å². The fourth-order valence-electron chi connectivity index (χ4n) is 2.61. The van der Waals surface area contributed by atoms with Gasteiger partial charge in [-0.2, -0.15) is 0 Å². The molecule has 2 aromatic heterocycles. The molecule has 0 radical (unpaired) electrons. The summed E-state index contributed by atoms with van der Waals surface area (Å²) in [5.41, 5.74) is 3.89. The molecule has 0 saturated heterocycles. The molecule has 1 aromatic carbocycles. The molecule has 3 heteroatoms. The summed E-state index contributed by atoms with van der Waals surface area (Å²) < 4.78 is 4.53. The van der Waals surface area contributed by atoms with Crippen LogP contribution in [0.5, 0.6) is 0 Å². The van der Waals surface area contributed by atoms with Gasteiger partial charge in [0.2, 0.25) is 0 Å². The Balaban J connectivity index is 1.97. The molecule has 0 fully saturated rings. The predicted octanol–water partition coefficient (Wildman–Crippen LogP) is 3.60. The Morgan fingerprint density at radius 3 is 2.89 bits per heavy atom. The van der Waals surface area contributed by atoms with Gasteiger partial charge in [0, 0.05) is 29.8 Å². The highest BCUT2D eigenvalue weighted by Gasteiger charge is 2.06. The highest BCUT2D eigenvalue weighted by Crippen LogP contribution is 2.20. The first kappa shape index (κ1) is 12.0. The number of hydrogen-bond acceptors (Lipinski definition) is 1. The molecule has 0 spiro atoms. The van der Waals surface area contributed by atoms with E-state index in [1.165, 1.54) is 22.2 Å². The molecule has 3 nitrogen and oxygen atoms in total. The lowest BCUT2D eigenvalue weighted by Gasteiger charge is -2.09. The van der Waals surface area contributed by atoms with Crippen LogP contribution >= 0.6 is 0 Å². The first-order valence-electron chi connectivity index (χ1n) is 6.83. The van der Waals surface area contributed by atoms with Gasteiger partial charge in [-0.25, -0.2) is 4.98 Å². The molecule has 0 N–H and O–H groups in total. The number of imidazole rings is 1. The summed E-state index contributed by atoms with van der Waals surface area (Å²) in [6.07, 6.45) is 7.20. The quantitative estimate of drug-likeness (QED) is 0.696. The minimum absolute atomic E-state index is 0.882. The van der Waals surface area contributed by atoms with Gasteiger partial charge in [0.05, 0.1) is 18.6 Å². The summed E-state index contributed by atoms with van der Waals surface area (Å²) in [4.78, 5) is 4.27. The Morgan fingerprint density at radius 1 is 1.16 bits per heavy atom. The predicted molar refractivity (Wildman–Crippen MR) is 78.3 cm³/mol. The molecule has 3 aromatic rings. The van der Waals surface area contributed by atoms with Crippen molar-refractivity contribution in [2.24, 2.45) is 0 Å². The number of benzene rings is 1. The molecule has 0 aliphatic rings. The fourth-order valence-corrected chi connectivity index (χ4v) is 2.61. The van der Waals surface area contributed by atoms with Crippen LogP contribution in [-0.2, 0) is 13.1 Å². The van der Waals surface area contributed by atoms with E-state index < -0.39 is 0 Å². The zero-order chi connectivity index (χ0) is 13.2. The summed E-state index contributed by atoms with van der Waals surface area (Å²) in [5.74, 6) is 0. The van der Waals surface area contributed by atoms with Gasteiger partial charge in [-0.3, -0.25) is 0 Å². The van der Waals surface area contributed by atoms with Crippen LogP contribution in [0.4, 0.5) is 0 Å². The molecule has 0 amide bonds. The van der Waals surface area contributed by atoms with Gasteiger partial charge in [-0.15, -0.1) is 0 Å². The lowest BCUT2D eigenvalue weighted by molar-refractivity contribution is 0.629. The van der Waals surface area contributed by atoms with E-state index in [9.17, 15) is 0 Å². The van der Waals surface area contributed by atoms with Crippen LogP contribution in [0.1, 0.15) is 24.6 Å². The maximum absolute atomic E-state index is 4.27. The monoisotopic (exact) mass is 253 g/mol. The second-order valence-corrected chi connectivity index (χ2v) is 5.03. The van der Waals surface area contributed by atoms with E-state index in [0.717, 1.165) is 19.5 Å². The maximum Gasteiger partial charge on any atom is 0.0948 e. The standard InChI is InChI=1S/C16H19N3/c1-3-8-19-12-17-10-14(19)11-18-9-7-15-13(2)5-4-6-16(15)18/h4-7,9-10,12H,3,8,11H2,1-2H3. The molecular weight excluding hydrogens is 234 g/mol. The van der Waals surface area contributed by atoms with E-state index in [-0.39, 0.29) is 0 Å². The number of aromatic nitrogens is 3. The van der Waals surface area contributed by atoms with E-state index in [1.807, 2.05) is 12.5 Å². The summed E-state index contributed by atoms with van der Waals surface area (Å²) in [6, 6.07) is 8.67. The van der Waals surface area contributed by atoms with Crippen LogP contribution in [0.2, 0.25) is 0 Å². The lowest BCUT2D eigenvalue weighted by Crippen LogP contribution is -2.06. The number of rotatable bonds is 4. The molecule has 98 valence electrons. The number of aryl methyl sites for hydroxylation is 2. The molecule has 0 bridgehead atoms. The first-order chi connectivity index (χ1) is 9.29. The molecule has 0 unspecified atom stereocenters. The van der Waals surface area contributed by atoms with Crippen molar-refractivity contribution in [3.63, 3.8) is 0 Å². The van der Waals surface area contributed by atoms with Crippen molar-refractivity contribution < 1.29 is 0 Å². The Hall–Kier alpha value is -2.03. The van der Waals surface area contributed by atoms with Gasteiger partial charge in [0.25, 0.3) is 0 Å². The third-order valence-corrected chi connectivity index (χ3v) is 3.63. The van der Waals surface area contributed by atoms with Crippen LogP contribution < -0.4 is 0 Å². The van der Waals surface area contributed by atoms with Gasteiger partial charge in [-0.1, -0.05) is 19.1 Å². The van der Waals surface area contributed by atoms with E-state index in [4.69, 9.17) is 0 Å². The van der Waals surface area contributed by atoms with Crippen LogP contribution in [0, 0.1) is 6.92 Å². The third-order valence-electron chi connectivity index (χ3n) is 3.63. The van der Waals surface area contributed by atoms with Crippen molar-refractivity contribution in [1.29, 1.82) is 0 Å². The minimum atomic E-state index is 0.882. The van der Waals surface area contributed by atoms with Crippen molar-refractivity contribution in [1.82, 2.24) is 14.1 Å². The van der Waals surface area contributed by atoms with E-state index >= 15 is 0 Å². The third kappa shape index (κ3) is 2.16. The number of nitrogens with zero attached hydrogens (tertiary/aromatic N) is 3. The van der Waals surface area contributed by atoms with Crippen LogP contribution in [0.3, 0.4) is 0 Å². The first-order valence-corrected chi connectivity index (χ1v) is 6.83. The van der Waals surface area contributed by atoms with Crippen LogP contribution in [-0.4, -0.2) is 14.1 Å². The van der Waals surface area contributed by atoms with Crippen LogP contribution in [0.25, 0.3) is 10.9 Å². The molecular formula is C16H19N3. The smallest absolute Gasteiger partial charge is 0.0948 e. The molecule has 19 heavy (non-hydrogen) atoms. The zero-order valence-corrected chi connectivity index (χ0v) is 11.5. The van der Waals surface area contributed by atoms with Crippen molar-refractivity contribution in [2.75, 3.05) is 0 Å². The van der Waals surface area contributed by atoms with Crippen molar-refractivity contribution in [2.45, 2.75) is 33.4 Å². The second-order valence-electron chi connectivity index (χ2n) is 5.03. The average molecular weight is 253 g/mol. The molecule has 3 rings (SSSR count). The summed E-state index contributed by atoms with van der Waals surface area (Å²) in [5, 5.41) is 1.34. The second kappa shape index (κ2) is 4.92. The van der Waals surface area contributed by atoms with E-state index in [0.29, 0.717) is 0 Å². The van der Waals surface area contributed by atoms with Gasteiger partial charge in [0.15, 0.2) is 0 Å². The maximum atomic E-state index is 4.27. The van der Waals surface area contributed by atoms with E-state index in [2.05, 4.69) is 58.4 Å². The highest BCUT2D eigenvalue weighted by molar-refractivity contribution is 5.83. The zero-order valence-electron chi connectivity index (χ0n) is 11.5. The summed E-state index contributed by atoms with van der Waals surface area (Å²) >= 11 is 0. The Kier molecular flexibility index (Phi) is 3.11. The Bertz CT molecular complexity index is 691. The average Bonchev–Trinajstić information content (AvgIpc) is 3.00. The van der Waals surface area contributed by atoms with Crippen molar-refractivity contribution >= 4 is 10.9 Å². The SMILES string of the molecule is CCCn1cncc1Cn1ccc2c(C)cccc21. The molecule has 0 saturated carbocycles. The molecule has 0 aliphatic heterocycles. The lowest BCUT2D eigenvalue weighted by atomic mass is 10.1. The molecule has 0 atom stereocenters. The normalized spacial score (nSPS) is 11.3. The highest BCUT2D eigenvalue weighted by atomic mass is 15.1. The summed E-state index contributed by atoms with van der Waals surface area (Å²) in [6.45, 7) is 6.27. The van der Waals surface area contributed by atoms with Gasteiger partial charge >= 0.3 is 0 Å². The largest absolute Gasteiger partial charge is 0.341 e. The Morgan fingerprint density at radius 2 is 2.05 bits per heavy atom. The van der Waals surface area contributed by atoms with Crippen molar-refractivity contribution in [3.05, 3.63) is 54.2 Å². The Labute approximate surface area is 113 Å². The van der Waals surface area contributed by atoms with Gasteiger partial charge in [0.1, 0.15) is 0 Å². The molecule has 2 heterocycles. The number of fused-ring (bicyclic) bond motifs is 1. The summed E-state index contributed by atoms with van der Waals surface area (Å²) in [7, 11) is 0. The van der Waals surface area contributed by atoms with Gasteiger partial charge < -0.3 is 9.13 Å². The minimum Gasteiger partial charge on any atom is -0.341 e. The number of hydrogen-bond donors (Lipinski definition) is 0. The molecule has 0 aliphatic carbocycles. The van der Waals surface area contributed by atoms with Gasteiger partial charge in [-0.05, 0) is 31.0 Å². The fraction of sp³-hybridized carbons (Fsp3) is 0.312. The van der Waals surface area contributed by atoms with Crippen LogP contribution in [0.15, 0.2) is 43.0 Å². The topological polar surface area (TPSA) is 22.8 Å².